The lowest BCUT2D eigenvalue weighted by Crippen LogP contribution is -2.14. The molecule has 0 amide bonds. The van der Waals surface area contributed by atoms with E-state index in [0.29, 0.717) is 30.8 Å². The standard InChI is InChI=1S/C37H36N4O4/c1-22-5-11-28(12-6-22)32-20-34(40-38-32)30-18-26(9-15-36(30)44-24(3)42)17-27-10-16-37(45-25(4)43)31(19-27)35-21-33(39-41-35)29-13-7-23(2)8-14-29/h5-16,18-19,34-35,40-41H,17,20-21H2,1-4H3. The summed E-state index contributed by atoms with van der Waals surface area (Å²) < 4.78 is 11.2. The van der Waals surface area contributed by atoms with Gasteiger partial charge in [0.15, 0.2) is 0 Å². The smallest absolute Gasteiger partial charge is 0.308 e. The van der Waals surface area contributed by atoms with Crippen molar-refractivity contribution in [3.63, 3.8) is 0 Å². The van der Waals surface area contributed by atoms with Gasteiger partial charge in [0.25, 0.3) is 0 Å². The third kappa shape index (κ3) is 6.96. The quantitative estimate of drug-likeness (QED) is 0.174. The summed E-state index contributed by atoms with van der Waals surface area (Å²) in [7, 11) is 0. The number of aryl methyl sites for hydroxylation is 2. The van der Waals surface area contributed by atoms with E-state index in [2.05, 4.69) is 95.6 Å². The first-order valence-corrected chi connectivity index (χ1v) is 15.1. The summed E-state index contributed by atoms with van der Waals surface area (Å²) in [5.41, 5.74) is 16.8. The van der Waals surface area contributed by atoms with E-state index in [-0.39, 0.29) is 24.0 Å². The second-order valence-corrected chi connectivity index (χ2v) is 11.7. The van der Waals surface area contributed by atoms with E-state index in [1.807, 2.05) is 24.3 Å². The summed E-state index contributed by atoms with van der Waals surface area (Å²) in [5, 5.41) is 9.23. The predicted molar refractivity (Wildman–Crippen MR) is 175 cm³/mol. The molecule has 8 heteroatoms. The van der Waals surface area contributed by atoms with Crippen molar-refractivity contribution in [3.05, 3.63) is 129 Å². The highest BCUT2D eigenvalue weighted by Crippen LogP contribution is 2.35. The van der Waals surface area contributed by atoms with Crippen molar-refractivity contribution in [3.8, 4) is 11.5 Å². The van der Waals surface area contributed by atoms with Crippen LogP contribution >= 0.6 is 0 Å². The van der Waals surface area contributed by atoms with Crippen molar-refractivity contribution in [2.75, 3.05) is 0 Å². The van der Waals surface area contributed by atoms with Gasteiger partial charge < -0.3 is 20.3 Å². The molecule has 0 spiro atoms. The van der Waals surface area contributed by atoms with Gasteiger partial charge in [-0.05, 0) is 66.8 Å². The summed E-state index contributed by atoms with van der Waals surface area (Å²) in [5.74, 6) is 0.296. The number of ether oxygens (including phenoxy) is 2. The van der Waals surface area contributed by atoms with Crippen LogP contribution in [-0.4, -0.2) is 23.4 Å². The van der Waals surface area contributed by atoms with Crippen molar-refractivity contribution in [2.24, 2.45) is 10.2 Å². The molecule has 4 aromatic carbocycles. The fraction of sp³-hybridized carbons (Fsp3) is 0.243. The van der Waals surface area contributed by atoms with Gasteiger partial charge in [0.1, 0.15) is 11.5 Å². The van der Waals surface area contributed by atoms with E-state index in [9.17, 15) is 9.59 Å². The van der Waals surface area contributed by atoms with Gasteiger partial charge in [0.05, 0.1) is 23.5 Å². The highest BCUT2D eigenvalue weighted by atomic mass is 16.5. The lowest BCUT2D eigenvalue weighted by atomic mass is 9.93. The highest BCUT2D eigenvalue weighted by Gasteiger charge is 2.27. The van der Waals surface area contributed by atoms with Gasteiger partial charge in [-0.2, -0.15) is 10.2 Å². The number of benzene rings is 4. The lowest BCUT2D eigenvalue weighted by Gasteiger charge is -2.18. The molecule has 0 saturated heterocycles. The maximum Gasteiger partial charge on any atom is 0.308 e. The first kappa shape index (κ1) is 29.8. The van der Waals surface area contributed by atoms with E-state index in [1.165, 1.54) is 25.0 Å². The van der Waals surface area contributed by atoms with Crippen LogP contribution in [0.2, 0.25) is 0 Å². The molecule has 2 aliphatic rings. The Hall–Kier alpha value is -5.24. The van der Waals surface area contributed by atoms with Gasteiger partial charge in [0.2, 0.25) is 0 Å². The van der Waals surface area contributed by atoms with Crippen LogP contribution in [-0.2, 0) is 16.0 Å². The molecule has 0 bridgehead atoms. The van der Waals surface area contributed by atoms with Crippen molar-refractivity contribution >= 4 is 23.4 Å². The first-order valence-electron chi connectivity index (χ1n) is 15.1. The molecule has 228 valence electrons. The Morgan fingerprint density at radius 3 is 1.42 bits per heavy atom. The zero-order valence-electron chi connectivity index (χ0n) is 25.9. The number of esters is 2. The molecule has 0 aliphatic carbocycles. The van der Waals surface area contributed by atoms with Gasteiger partial charge in [-0.3, -0.25) is 9.59 Å². The normalized spacial score (nSPS) is 17.2. The second-order valence-electron chi connectivity index (χ2n) is 11.7. The molecule has 2 unspecified atom stereocenters. The minimum Gasteiger partial charge on any atom is -0.426 e. The zero-order valence-corrected chi connectivity index (χ0v) is 25.9. The molecule has 0 fully saturated rings. The molecule has 0 aromatic heterocycles. The molecular formula is C37H36N4O4. The fourth-order valence-corrected chi connectivity index (χ4v) is 5.79. The van der Waals surface area contributed by atoms with Crippen LogP contribution in [0.5, 0.6) is 11.5 Å². The van der Waals surface area contributed by atoms with Crippen molar-refractivity contribution < 1.29 is 19.1 Å². The Kier molecular flexibility index (Phi) is 8.47. The average Bonchev–Trinajstić information content (AvgIpc) is 3.70. The Morgan fingerprint density at radius 1 is 0.644 bits per heavy atom. The van der Waals surface area contributed by atoms with Crippen LogP contribution in [0.1, 0.15) is 83.3 Å². The van der Waals surface area contributed by atoms with Gasteiger partial charge in [-0.1, -0.05) is 71.8 Å². The van der Waals surface area contributed by atoms with E-state index in [1.54, 1.807) is 0 Å². The first-order chi connectivity index (χ1) is 21.7. The van der Waals surface area contributed by atoms with E-state index in [4.69, 9.17) is 9.47 Å². The summed E-state index contributed by atoms with van der Waals surface area (Å²) in [6.07, 6.45) is 1.95. The molecule has 45 heavy (non-hydrogen) atoms. The molecule has 4 aromatic rings. The van der Waals surface area contributed by atoms with Crippen LogP contribution < -0.4 is 20.3 Å². The maximum atomic E-state index is 12.0. The fourth-order valence-electron chi connectivity index (χ4n) is 5.79. The summed E-state index contributed by atoms with van der Waals surface area (Å²) >= 11 is 0. The molecule has 2 aliphatic heterocycles. The zero-order chi connectivity index (χ0) is 31.5. The van der Waals surface area contributed by atoms with Crippen LogP contribution in [0.15, 0.2) is 95.1 Å². The number of hydrogen-bond acceptors (Lipinski definition) is 8. The molecule has 2 atom stereocenters. The predicted octanol–water partition coefficient (Wildman–Crippen LogP) is 6.62. The molecule has 0 saturated carbocycles. The van der Waals surface area contributed by atoms with Crippen LogP contribution in [0, 0.1) is 13.8 Å². The second kappa shape index (κ2) is 12.8. The minimum atomic E-state index is -0.372. The van der Waals surface area contributed by atoms with E-state index >= 15 is 0 Å². The third-order valence-corrected chi connectivity index (χ3v) is 8.09. The molecule has 2 N–H and O–H groups in total. The van der Waals surface area contributed by atoms with Crippen molar-refractivity contribution in [2.45, 2.75) is 59.0 Å². The molecule has 0 radical (unpaired) electrons. The number of rotatable bonds is 8. The maximum absolute atomic E-state index is 12.0. The molecule has 2 heterocycles. The van der Waals surface area contributed by atoms with Gasteiger partial charge in [-0.15, -0.1) is 0 Å². The Labute approximate surface area is 263 Å². The van der Waals surface area contributed by atoms with Crippen LogP contribution in [0.25, 0.3) is 0 Å². The van der Waals surface area contributed by atoms with E-state index in [0.717, 1.165) is 44.8 Å². The average molecular weight is 601 g/mol. The summed E-state index contributed by atoms with van der Waals surface area (Å²) in [4.78, 5) is 23.9. The van der Waals surface area contributed by atoms with Crippen molar-refractivity contribution in [1.29, 1.82) is 0 Å². The minimum absolute atomic E-state index is 0.141. The number of carbonyl (C=O) groups is 2. The Morgan fingerprint density at radius 2 is 1.04 bits per heavy atom. The van der Waals surface area contributed by atoms with Gasteiger partial charge in [0, 0.05) is 37.8 Å². The molecule has 8 nitrogen and oxygen atoms in total. The largest absolute Gasteiger partial charge is 0.426 e. The van der Waals surface area contributed by atoms with Crippen LogP contribution in [0.4, 0.5) is 0 Å². The Balaban J connectivity index is 1.25. The van der Waals surface area contributed by atoms with Gasteiger partial charge in [-0.25, -0.2) is 0 Å². The van der Waals surface area contributed by atoms with Crippen LogP contribution in [0.3, 0.4) is 0 Å². The topological polar surface area (TPSA) is 101 Å². The lowest BCUT2D eigenvalue weighted by molar-refractivity contribution is -0.132. The monoisotopic (exact) mass is 600 g/mol. The Bertz CT molecular complexity index is 1680. The van der Waals surface area contributed by atoms with E-state index < -0.39 is 0 Å². The number of carbonyl (C=O) groups excluding carboxylic acids is 2. The number of hydrazone groups is 2. The highest BCUT2D eigenvalue weighted by molar-refractivity contribution is 6.02. The molecular weight excluding hydrogens is 564 g/mol. The SMILES string of the molecule is CC(=O)Oc1ccc(Cc2ccc(OC(C)=O)c(C3CC(c4ccc(C)cc4)=NN3)c2)cc1C1CC(c2ccc(C)cc2)=NN1. The summed E-state index contributed by atoms with van der Waals surface area (Å²) in [6, 6.07) is 28.1. The number of hydrogen-bond donors (Lipinski definition) is 2. The number of nitrogens with one attached hydrogen (secondary N) is 2. The number of nitrogens with zero attached hydrogens (tertiary/aromatic N) is 2. The van der Waals surface area contributed by atoms with Gasteiger partial charge >= 0.3 is 11.9 Å². The third-order valence-electron chi connectivity index (χ3n) is 8.09. The molecule has 6 rings (SSSR count). The summed E-state index contributed by atoms with van der Waals surface area (Å²) in [6.45, 7) is 6.94. The van der Waals surface area contributed by atoms with Crippen molar-refractivity contribution in [1.82, 2.24) is 10.9 Å².